The van der Waals surface area contributed by atoms with Crippen LogP contribution < -0.4 is 4.90 Å². The number of nitrogens with zero attached hydrogens (tertiary/aromatic N) is 2. The van der Waals surface area contributed by atoms with E-state index in [1.807, 2.05) is 6.08 Å². The zero-order valence-electron chi connectivity index (χ0n) is 18.6. The lowest BCUT2D eigenvalue weighted by Gasteiger charge is -2.53. The number of phenolic OH excluding ortho intramolecular Hbond substituents is 1. The molecule has 1 N–H and O–H groups in total. The van der Waals surface area contributed by atoms with E-state index in [1.165, 1.54) is 24.4 Å². The van der Waals surface area contributed by atoms with Gasteiger partial charge in [-0.3, -0.25) is 4.90 Å². The second-order valence-electron chi connectivity index (χ2n) is 8.63. The molecule has 0 amide bonds. The van der Waals surface area contributed by atoms with Gasteiger partial charge in [0.1, 0.15) is 11.4 Å². The lowest BCUT2D eigenvalue weighted by molar-refractivity contribution is -0.0241. The first-order chi connectivity index (χ1) is 14.8. The third kappa shape index (κ3) is 3.30. The van der Waals surface area contributed by atoms with Gasteiger partial charge in [-0.05, 0) is 35.9 Å². The van der Waals surface area contributed by atoms with Crippen LogP contribution in [0.2, 0.25) is 0 Å². The molecule has 6 heteroatoms. The molecule has 0 radical (unpaired) electrons. The SMILES string of the molecule is COC(=O)c1ccc(O)c(C=CC2(N3CCOCC3)N(C)c3ccccc3C2(C)C)c1. The molecule has 1 saturated heterocycles. The van der Waals surface area contributed by atoms with Crippen molar-refractivity contribution in [3.63, 3.8) is 0 Å². The zero-order chi connectivity index (χ0) is 22.2. The molecule has 6 nitrogen and oxygen atoms in total. The van der Waals surface area contributed by atoms with Crippen molar-refractivity contribution in [3.05, 3.63) is 65.2 Å². The maximum absolute atomic E-state index is 12.0. The van der Waals surface area contributed by atoms with Gasteiger partial charge in [0.15, 0.2) is 0 Å². The summed E-state index contributed by atoms with van der Waals surface area (Å²) in [6.07, 6.45) is 4.08. The number of esters is 1. The number of hydrogen-bond acceptors (Lipinski definition) is 6. The number of likely N-dealkylation sites (N-methyl/N-ethyl adjacent to an activating group) is 1. The summed E-state index contributed by atoms with van der Waals surface area (Å²) in [4.78, 5) is 16.8. The number of rotatable bonds is 4. The van der Waals surface area contributed by atoms with E-state index in [4.69, 9.17) is 9.47 Å². The summed E-state index contributed by atoms with van der Waals surface area (Å²) in [6.45, 7) is 7.50. The largest absolute Gasteiger partial charge is 0.507 e. The normalized spacial score (nSPS) is 23.2. The Morgan fingerprint density at radius 2 is 1.87 bits per heavy atom. The fourth-order valence-corrected chi connectivity index (χ4v) is 5.17. The van der Waals surface area contributed by atoms with Crippen LogP contribution in [-0.2, 0) is 14.9 Å². The maximum Gasteiger partial charge on any atom is 0.337 e. The van der Waals surface area contributed by atoms with Crippen LogP contribution in [-0.4, -0.2) is 62.1 Å². The summed E-state index contributed by atoms with van der Waals surface area (Å²) in [5, 5.41) is 10.5. The Balaban J connectivity index is 1.84. The van der Waals surface area contributed by atoms with Crippen molar-refractivity contribution >= 4 is 17.7 Å². The van der Waals surface area contributed by atoms with Gasteiger partial charge in [0, 0.05) is 36.8 Å². The fraction of sp³-hybridized carbons (Fsp3) is 0.400. The van der Waals surface area contributed by atoms with E-state index in [2.05, 4.69) is 61.0 Å². The molecule has 2 heterocycles. The van der Waals surface area contributed by atoms with E-state index in [0.717, 1.165) is 13.1 Å². The van der Waals surface area contributed by atoms with E-state index in [1.54, 1.807) is 12.1 Å². The summed E-state index contributed by atoms with van der Waals surface area (Å²) in [5.41, 5.74) is 2.76. The number of aromatic hydroxyl groups is 1. The monoisotopic (exact) mass is 422 g/mol. The van der Waals surface area contributed by atoms with Crippen LogP contribution in [0.15, 0.2) is 48.5 Å². The Kier molecular flexibility index (Phi) is 5.54. The highest BCUT2D eigenvalue weighted by molar-refractivity contribution is 5.90. The molecule has 1 fully saturated rings. The molecule has 0 aliphatic carbocycles. The van der Waals surface area contributed by atoms with E-state index >= 15 is 0 Å². The molecule has 1 unspecified atom stereocenters. The number of hydrogen-bond donors (Lipinski definition) is 1. The van der Waals surface area contributed by atoms with Crippen molar-refractivity contribution < 1.29 is 19.4 Å². The van der Waals surface area contributed by atoms with Crippen LogP contribution in [0.3, 0.4) is 0 Å². The minimum absolute atomic E-state index is 0.122. The van der Waals surface area contributed by atoms with Crippen molar-refractivity contribution in [1.82, 2.24) is 4.90 Å². The Hall–Kier alpha value is -2.83. The molecule has 31 heavy (non-hydrogen) atoms. The molecule has 2 aliphatic heterocycles. The average molecular weight is 423 g/mol. The number of ether oxygens (including phenoxy) is 2. The molecule has 1 atom stereocenters. The molecule has 0 bridgehead atoms. The summed E-state index contributed by atoms with van der Waals surface area (Å²) >= 11 is 0. The number of phenols is 1. The molecule has 2 aromatic rings. The number of carbonyl (C=O) groups is 1. The molecule has 0 saturated carbocycles. The van der Waals surface area contributed by atoms with Crippen LogP contribution >= 0.6 is 0 Å². The number of morpholine rings is 1. The van der Waals surface area contributed by atoms with Crippen molar-refractivity contribution in [2.45, 2.75) is 24.9 Å². The Morgan fingerprint density at radius 1 is 1.16 bits per heavy atom. The van der Waals surface area contributed by atoms with Crippen molar-refractivity contribution in [3.8, 4) is 5.75 Å². The summed E-state index contributed by atoms with van der Waals surface area (Å²) in [7, 11) is 3.48. The smallest absolute Gasteiger partial charge is 0.337 e. The van der Waals surface area contributed by atoms with Gasteiger partial charge in [-0.25, -0.2) is 4.79 Å². The quantitative estimate of drug-likeness (QED) is 0.759. The Morgan fingerprint density at radius 3 is 2.55 bits per heavy atom. The predicted octanol–water partition coefficient (Wildman–Crippen LogP) is 3.65. The van der Waals surface area contributed by atoms with E-state index in [9.17, 15) is 9.90 Å². The highest BCUT2D eigenvalue weighted by Gasteiger charge is 2.57. The second-order valence-corrected chi connectivity index (χ2v) is 8.63. The van der Waals surface area contributed by atoms with Gasteiger partial charge in [0.25, 0.3) is 0 Å². The highest BCUT2D eigenvalue weighted by atomic mass is 16.5. The summed E-state index contributed by atoms with van der Waals surface area (Å²) in [5.74, 6) is -0.305. The van der Waals surface area contributed by atoms with Gasteiger partial charge in [0.2, 0.25) is 0 Å². The number of anilines is 1. The van der Waals surface area contributed by atoms with Crippen molar-refractivity contribution in [2.75, 3.05) is 45.4 Å². The molecule has 0 spiro atoms. The van der Waals surface area contributed by atoms with Crippen molar-refractivity contribution in [1.29, 1.82) is 0 Å². The van der Waals surface area contributed by atoms with Gasteiger partial charge in [-0.1, -0.05) is 38.1 Å². The fourth-order valence-electron chi connectivity index (χ4n) is 5.17. The van der Waals surface area contributed by atoms with Crippen LogP contribution in [0.4, 0.5) is 5.69 Å². The van der Waals surface area contributed by atoms with Crippen LogP contribution in [0.25, 0.3) is 6.08 Å². The number of carbonyl (C=O) groups excluding carboxylic acids is 1. The topological polar surface area (TPSA) is 62.2 Å². The van der Waals surface area contributed by atoms with E-state index in [0.29, 0.717) is 24.3 Å². The maximum atomic E-state index is 12.0. The third-order valence-corrected chi connectivity index (χ3v) is 6.81. The van der Waals surface area contributed by atoms with Crippen LogP contribution in [0.5, 0.6) is 5.75 Å². The lowest BCUT2D eigenvalue weighted by atomic mass is 9.74. The standard InChI is InChI=1S/C25H30N2O4/c1-24(2)20-7-5-6-8-21(20)26(3)25(24,27-13-15-31-16-14-27)12-11-18-17-19(23(29)30-4)9-10-22(18)28/h5-12,17,28H,13-16H2,1-4H3. The van der Waals surface area contributed by atoms with Crippen LogP contribution in [0, 0.1) is 0 Å². The first kappa shape index (κ1) is 21.4. The minimum atomic E-state index is -0.464. The van der Waals surface area contributed by atoms with Crippen molar-refractivity contribution in [2.24, 2.45) is 0 Å². The number of methoxy groups -OCH3 is 1. The summed E-state index contributed by atoms with van der Waals surface area (Å²) < 4.78 is 10.5. The molecular weight excluding hydrogens is 392 g/mol. The first-order valence-corrected chi connectivity index (χ1v) is 10.6. The van der Waals surface area contributed by atoms with Gasteiger partial charge < -0.3 is 19.5 Å². The predicted molar refractivity (Wildman–Crippen MR) is 121 cm³/mol. The number of benzene rings is 2. The lowest BCUT2D eigenvalue weighted by Crippen LogP contribution is -2.66. The van der Waals surface area contributed by atoms with Gasteiger partial charge in [0.05, 0.1) is 25.9 Å². The molecule has 164 valence electrons. The van der Waals surface area contributed by atoms with Gasteiger partial charge in [-0.15, -0.1) is 0 Å². The molecule has 2 aliphatic rings. The molecule has 4 rings (SSSR count). The number of para-hydroxylation sites is 1. The van der Waals surface area contributed by atoms with Gasteiger partial charge in [-0.2, -0.15) is 0 Å². The molecule has 2 aromatic carbocycles. The van der Waals surface area contributed by atoms with E-state index < -0.39 is 11.6 Å². The second kappa shape index (κ2) is 8.02. The Bertz CT molecular complexity index is 1010. The first-order valence-electron chi connectivity index (χ1n) is 10.6. The summed E-state index contributed by atoms with van der Waals surface area (Å²) in [6, 6.07) is 13.3. The molecular formula is C25H30N2O4. The molecule has 0 aromatic heterocycles. The third-order valence-electron chi connectivity index (χ3n) is 6.81. The average Bonchev–Trinajstić information content (AvgIpc) is 2.97. The zero-order valence-corrected chi connectivity index (χ0v) is 18.6. The Labute approximate surface area is 183 Å². The van der Waals surface area contributed by atoms with Gasteiger partial charge >= 0.3 is 5.97 Å². The number of fused-ring (bicyclic) bond motifs is 1. The van der Waals surface area contributed by atoms with Crippen LogP contribution in [0.1, 0.15) is 35.3 Å². The highest BCUT2D eigenvalue weighted by Crippen LogP contribution is 2.53. The van der Waals surface area contributed by atoms with E-state index in [-0.39, 0.29) is 11.2 Å². The minimum Gasteiger partial charge on any atom is -0.507 e.